The van der Waals surface area contributed by atoms with Gasteiger partial charge < -0.3 is 14.9 Å². The second-order valence-corrected chi connectivity index (χ2v) is 12.0. The van der Waals surface area contributed by atoms with Crippen molar-refractivity contribution in [2.75, 3.05) is 11.4 Å². The Bertz CT molecular complexity index is 1870. The third-order valence-corrected chi connectivity index (χ3v) is 8.98. The molecule has 0 radical (unpaired) electrons. The van der Waals surface area contributed by atoms with Crippen LogP contribution in [0.2, 0.25) is 10.0 Å². The number of rotatable bonds is 8. The summed E-state index contributed by atoms with van der Waals surface area (Å²) in [6.45, 7) is 1.20. The number of fused-ring (bicyclic) bond motifs is 1. The van der Waals surface area contributed by atoms with Gasteiger partial charge in [-0.15, -0.1) is 0 Å². The first-order valence-corrected chi connectivity index (χ1v) is 14.8. The van der Waals surface area contributed by atoms with Gasteiger partial charge in [0, 0.05) is 33.7 Å². The number of anilines is 1. The van der Waals surface area contributed by atoms with Gasteiger partial charge in [0.2, 0.25) is 5.91 Å². The molecule has 2 N–H and O–H groups in total. The number of hydrogen-bond acceptors (Lipinski definition) is 7. The molecule has 0 aliphatic carbocycles. The number of sulfonamides is 1. The Hall–Kier alpha value is -4.58. The van der Waals surface area contributed by atoms with E-state index in [1.54, 1.807) is 42.5 Å². The molecule has 4 aromatic carbocycles. The van der Waals surface area contributed by atoms with Crippen molar-refractivity contribution in [2.24, 2.45) is 0 Å². The van der Waals surface area contributed by atoms with E-state index in [1.807, 2.05) is 0 Å². The van der Waals surface area contributed by atoms with Gasteiger partial charge in [-0.05, 0) is 54.6 Å². The molecule has 0 bridgehead atoms. The van der Waals surface area contributed by atoms with Gasteiger partial charge in [0.1, 0.15) is 10.6 Å². The monoisotopic (exact) mass is 639 g/mol. The molecule has 220 valence electrons. The minimum atomic E-state index is -4.72. The van der Waals surface area contributed by atoms with Crippen molar-refractivity contribution in [1.29, 1.82) is 0 Å². The number of para-hydroxylation sites is 1. The standard InChI is InChI=1S/C30H23Cl2N3O7S/c1-18(36)33-30(22-10-6-7-11-24(22)32)23-17-20(31)13-14-25(23)35(29(30)38)43(39,40)27-15-12-19(16-26(27)41-2)28(37)34-42-21-8-4-3-5-9-21/h3-17H,1-2H3,(H,33,36)(H,34,37). The number of halogens is 2. The summed E-state index contributed by atoms with van der Waals surface area (Å²) in [7, 11) is -3.50. The van der Waals surface area contributed by atoms with Crippen LogP contribution in [-0.4, -0.2) is 33.2 Å². The van der Waals surface area contributed by atoms with Crippen LogP contribution >= 0.6 is 23.2 Å². The Morgan fingerprint density at radius 3 is 2.26 bits per heavy atom. The first-order valence-electron chi connectivity index (χ1n) is 12.6. The van der Waals surface area contributed by atoms with E-state index >= 15 is 0 Å². The van der Waals surface area contributed by atoms with Crippen molar-refractivity contribution >= 4 is 56.6 Å². The molecule has 1 heterocycles. The first-order chi connectivity index (χ1) is 20.5. The van der Waals surface area contributed by atoms with Crippen LogP contribution in [0.5, 0.6) is 11.5 Å². The fourth-order valence-corrected chi connectivity index (χ4v) is 6.91. The molecule has 43 heavy (non-hydrogen) atoms. The summed E-state index contributed by atoms with van der Waals surface area (Å²) < 4.78 is 34.5. The van der Waals surface area contributed by atoms with Crippen molar-refractivity contribution in [2.45, 2.75) is 17.4 Å². The Morgan fingerprint density at radius 2 is 1.58 bits per heavy atom. The first kappa shape index (κ1) is 29.9. The number of methoxy groups -OCH3 is 1. The fraction of sp³-hybridized carbons (Fsp3) is 0.100. The number of benzene rings is 4. The lowest BCUT2D eigenvalue weighted by molar-refractivity contribution is -0.128. The number of hydroxylamine groups is 1. The van der Waals surface area contributed by atoms with Crippen LogP contribution in [-0.2, 0) is 25.2 Å². The number of carbonyl (C=O) groups is 3. The zero-order chi connectivity index (χ0) is 30.9. The zero-order valence-corrected chi connectivity index (χ0v) is 25.0. The SMILES string of the molecule is COc1cc(C(=O)NOc2ccccc2)ccc1S(=O)(=O)N1C(=O)C(NC(C)=O)(c2ccccc2Cl)c2cc(Cl)ccc21. The number of hydrogen-bond donors (Lipinski definition) is 2. The molecule has 0 saturated carbocycles. The maximum Gasteiger partial charge on any atom is 0.284 e. The summed E-state index contributed by atoms with van der Waals surface area (Å²) in [5.41, 5.74) is 0.477. The van der Waals surface area contributed by atoms with Crippen LogP contribution in [0.25, 0.3) is 0 Å². The van der Waals surface area contributed by atoms with Gasteiger partial charge in [-0.25, -0.2) is 8.42 Å². The van der Waals surface area contributed by atoms with Crippen LogP contribution in [0.4, 0.5) is 5.69 Å². The lowest BCUT2D eigenvalue weighted by atomic mass is 9.83. The van der Waals surface area contributed by atoms with E-state index in [9.17, 15) is 22.8 Å². The maximum absolute atomic E-state index is 14.4. The normalized spacial score (nSPS) is 15.9. The highest BCUT2D eigenvalue weighted by Gasteiger charge is 2.58. The molecule has 3 amide bonds. The molecule has 4 aromatic rings. The lowest BCUT2D eigenvalue weighted by Gasteiger charge is -2.30. The number of nitrogens with one attached hydrogen (secondary N) is 2. The van der Waals surface area contributed by atoms with Crippen LogP contribution in [0.15, 0.2) is 95.9 Å². The van der Waals surface area contributed by atoms with Crippen LogP contribution in [0.1, 0.15) is 28.4 Å². The summed E-state index contributed by atoms with van der Waals surface area (Å²) in [4.78, 5) is 44.6. The number of ether oxygens (including phenoxy) is 1. The van der Waals surface area contributed by atoms with Crippen LogP contribution in [0.3, 0.4) is 0 Å². The zero-order valence-electron chi connectivity index (χ0n) is 22.6. The van der Waals surface area contributed by atoms with Crippen molar-refractivity contribution in [3.05, 3.63) is 118 Å². The molecular formula is C30H23Cl2N3O7S. The van der Waals surface area contributed by atoms with Crippen molar-refractivity contribution < 1.29 is 32.4 Å². The Balaban J connectivity index is 1.60. The Morgan fingerprint density at radius 1 is 0.884 bits per heavy atom. The van der Waals surface area contributed by atoms with E-state index in [1.165, 1.54) is 56.5 Å². The molecule has 13 heteroatoms. The smallest absolute Gasteiger partial charge is 0.284 e. The summed E-state index contributed by atoms with van der Waals surface area (Å²) in [5, 5.41) is 2.95. The maximum atomic E-state index is 14.4. The van der Waals surface area contributed by atoms with E-state index in [0.29, 0.717) is 10.1 Å². The highest BCUT2D eigenvalue weighted by Crippen LogP contribution is 2.49. The second-order valence-electron chi connectivity index (χ2n) is 9.36. The Labute approximate surface area is 257 Å². The summed E-state index contributed by atoms with van der Waals surface area (Å²) >= 11 is 12.8. The van der Waals surface area contributed by atoms with Gasteiger partial charge in [0.05, 0.1) is 12.8 Å². The minimum absolute atomic E-state index is 0.0234. The molecule has 1 aliphatic rings. The molecule has 0 spiro atoms. The topological polar surface area (TPSA) is 131 Å². The van der Waals surface area contributed by atoms with Gasteiger partial charge >= 0.3 is 0 Å². The highest BCUT2D eigenvalue weighted by molar-refractivity contribution is 7.93. The molecule has 0 saturated heterocycles. The largest absolute Gasteiger partial charge is 0.495 e. The van der Waals surface area contributed by atoms with Crippen molar-refractivity contribution in [1.82, 2.24) is 10.8 Å². The summed E-state index contributed by atoms with van der Waals surface area (Å²) in [6.07, 6.45) is 0. The van der Waals surface area contributed by atoms with Gasteiger partial charge in [-0.1, -0.05) is 59.6 Å². The van der Waals surface area contributed by atoms with Crippen LogP contribution < -0.4 is 24.7 Å². The Kier molecular flexibility index (Phi) is 8.06. The number of amides is 3. The van der Waals surface area contributed by atoms with E-state index < -0.39 is 38.2 Å². The summed E-state index contributed by atoms with van der Waals surface area (Å²) in [5.74, 6) is -2.15. The van der Waals surface area contributed by atoms with E-state index in [2.05, 4.69) is 10.8 Å². The van der Waals surface area contributed by atoms with Gasteiger partial charge in [-0.2, -0.15) is 9.79 Å². The summed E-state index contributed by atoms with van der Waals surface area (Å²) in [6, 6.07) is 22.6. The lowest BCUT2D eigenvalue weighted by Crippen LogP contribution is -2.54. The predicted molar refractivity (Wildman–Crippen MR) is 160 cm³/mol. The molecule has 1 unspecified atom stereocenters. The third-order valence-electron chi connectivity index (χ3n) is 6.68. The van der Waals surface area contributed by atoms with Gasteiger partial charge in [-0.3, -0.25) is 14.4 Å². The predicted octanol–water partition coefficient (Wildman–Crippen LogP) is 4.84. The molecule has 0 fully saturated rings. The molecule has 1 atom stereocenters. The van der Waals surface area contributed by atoms with Gasteiger partial charge in [0.25, 0.3) is 21.8 Å². The molecular weight excluding hydrogens is 617 g/mol. The number of carbonyl (C=O) groups excluding carboxylic acids is 3. The highest BCUT2D eigenvalue weighted by atomic mass is 35.5. The van der Waals surface area contributed by atoms with Crippen molar-refractivity contribution in [3.63, 3.8) is 0 Å². The average Bonchev–Trinajstić information content (AvgIpc) is 3.23. The fourth-order valence-electron chi connectivity index (χ4n) is 4.85. The van der Waals surface area contributed by atoms with E-state index in [0.717, 1.165) is 6.07 Å². The quantitative estimate of drug-likeness (QED) is 0.264. The minimum Gasteiger partial charge on any atom is -0.495 e. The molecule has 1 aliphatic heterocycles. The van der Waals surface area contributed by atoms with E-state index in [4.69, 9.17) is 32.8 Å². The third kappa shape index (κ3) is 5.27. The van der Waals surface area contributed by atoms with Crippen LogP contribution in [0, 0.1) is 0 Å². The number of nitrogens with zero attached hydrogens (tertiary/aromatic N) is 1. The molecule has 10 nitrogen and oxygen atoms in total. The second kappa shape index (κ2) is 11.6. The van der Waals surface area contributed by atoms with Gasteiger partial charge in [0.15, 0.2) is 11.3 Å². The molecule has 5 rings (SSSR count). The molecule has 0 aromatic heterocycles. The van der Waals surface area contributed by atoms with E-state index in [-0.39, 0.29) is 38.2 Å². The average molecular weight is 641 g/mol. The van der Waals surface area contributed by atoms with Crippen molar-refractivity contribution in [3.8, 4) is 11.5 Å².